The summed E-state index contributed by atoms with van der Waals surface area (Å²) in [7, 11) is 0. The lowest BCUT2D eigenvalue weighted by Crippen LogP contribution is -2.41. The lowest BCUT2D eigenvalue weighted by Gasteiger charge is -2.30. The molecule has 0 aromatic heterocycles. The van der Waals surface area contributed by atoms with Gasteiger partial charge in [0.2, 0.25) is 0 Å². The van der Waals surface area contributed by atoms with E-state index in [1.54, 1.807) is 6.07 Å². The summed E-state index contributed by atoms with van der Waals surface area (Å²) in [6.07, 6.45) is -0.0371. The first-order chi connectivity index (χ1) is 6.79. The van der Waals surface area contributed by atoms with Gasteiger partial charge in [-0.05, 0) is 13.0 Å². The molecule has 84 valence electrons. The maximum atomic E-state index is 9.67. The Balaban J connectivity index is 0.00000112. The van der Waals surface area contributed by atoms with E-state index in [1.807, 2.05) is 18.2 Å². The molecule has 0 bridgehead atoms. The molecule has 1 aliphatic rings. The minimum Gasteiger partial charge on any atom is -0.508 e. The van der Waals surface area contributed by atoms with Crippen LogP contribution in [0.15, 0.2) is 24.3 Å². The summed E-state index contributed by atoms with van der Waals surface area (Å²) in [4.78, 5) is 0. The molecule has 1 heterocycles. The van der Waals surface area contributed by atoms with Gasteiger partial charge in [-0.15, -0.1) is 12.4 Å². The number of phenols is 1. The molecule has 1 fully saturated rings. The topological polar surface area (TPSA) is 41.5 Å². The maximum Gasteiger partial charge on any atom is 0.121 e. The fourth-order valence-electron chi connectivity index (χ4n) is 1.81. The Hall–Kier alpha value is -0.770. The molecule has 0 saturated carbocycles. The van der Waals surface area contributed by atoms with Gasteiger partial charge in [-0.2, -0.15) is 0 Å². The molecule has 2 unspecified atom stereocenters. The number of para-hydroxylation sites is 1. The number of aromatic hydroxyl groups is 1. The number of nitrogens with one attached hydrogen (secondary N) is 1. The summed E-state index contributed by atoms with van der Waals surface area (Å²) >= 11 is 0. The van der Waals surface area contributed by atoms with Crippen LogP contribution in [0.1, 0.15) is 18.6 Å². The van der Waals surface area contributed by atoms with Gasteiger partial charge in [-0.3, -0.25) is 0 Å². The normalized spacial score (nSPS) is 25.7. The van der Waals surface area contributed by atoms with Gasteiger partial charge in [0.25, 0.3) is 0 Å². The van der Waals surface area contributed by atoms with Crippen molar-refractivity contribution >= 4 is 12.4 Å². The first kappa shape index (κ1) is 12.3. The van der Waals surface area contributed by atoms with Crippen molar-refractivity contribution in [1.29, 1.82) is 0 Å². The van der Waals surface area contributed by atoms with E-state index in [1.165, 1.54) is 0 Å². The Morgan fingerprint density at radius 3 is 2.80 bits per heavy atom. The molecule has 4 heteroatoms. The van der Waals surface area contributed by atoms with Crippen LogP contribution >= 0.6 is 12.4 Å². The number of phenolic OH excluding ortho intramolecular Hbond substituents is 1. The lowest BCUT2D eigenvalue weighted by molar-refractivity contribution is -0.00148. The van der Waals surface area contributed by atoms with E-state index in [4.69, 9.17) is 4.74 Å². The van der Waals surface area contributed by atoms with Crippen molar-refractivity contribution in [3.8, 4) is 5.75 Å². The molecule has 1 aromatic rings. The first-order valence-corrected chi connectivity index (χ1v) is 4.92. The number of ether oxygens (including phenoxy) is 1. The van der Waals surface area contributed by atoms with Crippen molar-refractivity contribution in [2.45, 2.75) is 19.1 Å². The summed E-state index contributed by atoms with van der Waals surface area (Å²) in [5, 5.41) is 13.0. The Kier molecular flexibility index (Phi) is 4.39. The molecular weight excluding hydrogens is 214 g/mol. The quantitative estimate of drug-likeness (QED) is 0.773. The second-order valence-electron chi connectivity index (χ2n) is 3.59. The van der Waals surface area contributed by atoms with E-state index >= 15 is 0 Å². The molecular formula is C11H16ClNO2. The fraction of sp³-hybridized carbons (Fsp3) is 0.455. The van der Waals surface area contributed by atoms with Crippen LogP contribution < -0.4 is 5.32 Å². The van der Waals surface area contributed by atoms with Crippen LogP contribution in [0.5, 0.6) is 5.75 Å². The minimum atomic E-state index is -0.0371. The molecule has 0 aliphatic carbocycles. The minimum absolute atomic E-state index is 0. The van der Waals surface area contributed by atoms with Gasteiger partial charge in [-0.25, -0.2) is 0 Å². The molecule has 1 aromatic carbocycles. The summed E-state index contributed by atoms with van der Waals surface area (Å²) in [5.41, 5.74) is 0.868. The van der Waals surface area contributed by atoms with Gasteiger partial charge in [0.05, 0.1) is 6.61 Å². The zero-order valence-electron chi connectivity index (χ0n) is 8.64. The largest absolute Gasteiger partial charge is 0.508 e. The maximum absolute atomic E-state index is 9.67. The molecule has 0 radical (unpaired) electrons. The molecule has 2 rings (SSSR count). The Morgan fingerprint density at radius 2 is 2.13 bits per heavy atom. The Morgan fingerprint density at radius 1 is 1.40 bits per heavy atom. The molecule has 2 atom stereocenters. The van der Waals surface area contributed by atoms with Crippen molar-refractivity contribution in [3.63, 3.8) is 0 Å². The SMILES string of the molecule is CC1NCCOC1c1ccccc1O.Cl. The highest BCUT2D eigenvalue weighted by Gasteiger charge is 2.25. The standard InChI is InChI=1S/C11H15NO2.ClH/c1-8-11(14-7-6-12-8)9-4-2-3-5-10(9)13;/h2-5,8,11-13H,6-7H2,1H3;1H. The van der Waals surface area contributed by atoms with Gasteiger partial charge < -0.3 is 15.2 Å². The third kappa shape index (κ3) is 2.62. The number of halogens is 1. The van der Waals surface area contributed by atoms with Crippen molar-refractivity contribution in [2.75, 3.05) is 13.2 Å². The molecule has 2 N–H and O–H groups in total. The number of hydrogen-bond donors (Lipinski definition) is 2. The van der Waals surface area contributed by atoms with E-state index in [0.717, 1.165) is 12.1 Å². The second kappa shape index (κ2) is 5.35. The number of rotatable bonds is 1. The summed E-state index contributed by atoms with van der Waals surface area (Å²) in [5.74, 6) is 0.313. The van der Waals surface area contributed by atoms with Crippen LogP contribution in [0.25, 0.3) is 0 Å². The van der Waals surface area contributed by atoms with Crippen LogP contribution in [0, 0.1) is 0 Å². The smallest absolute Gasteiger partial charge is 0.121 e. The Bertz CT molecular complexity index is 319. The average molecular weight is 230 g/mol. The highest BCUT2D eigenvalue weighted by Crippen LogP contribution is 2.30. The van der Waals surface area contributed by atoms with Crippen molar-refractivity contribution in [1.82, 2.24) is 5.32 Å². The van der Waals surface area contributed by atoms with Gasteiger partial charge in [0.15, 0.2) is 0 Å². The highest BCUT2D eigenvalue weighted by atomic mass is 35.5. The van der Waals surface area contributed by atoms with Gasteiger partial charge in [0.1, 0.15) is 11.9 Å². The van der Waals surface area contributed by atoms with E-state index < -0.39 is 0 Å². The van der Waals surface area contributed by atoms with E-state index in [-0.39, 0.29) is 24.6 Å². The van der Waals surface area contributed by atoms with E-state index in [9.17, 15) is 5.11 Å². The second-order valence-corrected chi connectivity index (χ2v) is 3.59. The lowest BCUT2D eigenvalue weighted by atomic mass is 10.0. The predicted molar refractivity (Wildman–Crippen MR) is 61.5 cm³/mol. The third-order valence-corrected chi connectivity index (χ3v) is 2.56. The summed E-state index contributed by atoms with van der Waals surface area (Å²) in [6, 6.07) is 7.58. The number of benzene rings is 1. The third-order valence-electron chi connectivity index (χ3n) is 2.56. The zero-order chi connectivity index (χ0) is 9.97. The highest BCUT2D eigenvalue weighted by molar-refractivity contribution is 5.85. The van der Waals surface area contributed by atoms with Crippen molar-refractivity contribution in [3.05, 3.63) is 29.8 Å². The molecule has 1 aliphatic heterocycles. The first-order valence-electron chi connectivity index (χ1n) is 4.92. The van der Waals surface area contributed by atoms with Crippen molar-refractivity contribution in [2.24, 2.45) is 0 Å². The molecule has 0 amide bonds. The van der Waals surface area contributed by atoms with E-state index in [2.05, 4.69) is 12.2 Å². The van der Waals surface area contributed by atoms with Gasteiger partial charge in [-0.1, -0.05) is 18.2 Å². The number of morpholine rings is 1. The summed E-state index contributed by atoms with van der Waals surface area (Å²) < 4.78 is 5.63. The number of hydrogen-bond acceptors (Lipinski definition) is 3. The van der Waals surface area contributed by atoms with Crippen molar-refractivity contribution < 1.29 is 9.84 Å². The average Bonchev–Trinajstić information content (AvgIpc) is 2.20. The fourth-order valence-corrected chi connectivity index (χ4v) is 1.81. The predicted octanol–water partition coefficient (Wildman–Crippen LogP) is 1.86. The molecule has 0 spiro atoms. The van der Waals surface area contributed by atoms with E-state index in [0.29, 0.717) is 12.4 Å². The van der Waals surface area contributed by atoms with Crippen LogP contribution in [0.3, 0.4) is 0 Å². The Labute approximate surface area is 95.9 Å². The van der Waals surface area contributed by atoms with Crippen LogP contribution in [0.4, 0.5) is 0 Å². The molecule has 15 heavy (non-hydrogen) atoms. The van der Waals surface area contributed by atoms with Crippen LogP contribution in [-0.2, 0) is 4.74 Å². The molecule has 1 saturated heterocycles. The van der Waals surface area contributed by atoms with Crippen LogP contribution in [-0.4, -0.2) is 24.3 Å². The van der Waals surface area contributed by atoms with Crippen LogP contribution in [0.2, 0.25) is 0 Å². The zero-order valence-corrected chi connectivity index (χ0v) is 9.46. The van der Waals surface area contributed by atoms with Gasteiger partial charge >= 0.3 is 0 Å². The molecule has 3 nitrogen and oxygen atoms in total. The summed E-state index contributed by atoms with van der Waals surface area (Å²) in [6.45, 7) is 3.64. The van der Waals surface area contributed by atoms with Gasteiger partial charge in [0, 0.05) is 18.2 Å². The monoisotopic (exact) mass is 229 g/mol.